The van der Waals surface area contributed by atoms with Crippen molar-refractivity contribution >= 4 is 57.9 Å². The summed E-state index contributed by atoms with van der Waals surface area (Å²) < 4.78 is 0. The number of thioether (sulfide) groups is 1. The third-order valence-electron chi connectivity index (χ3n) is 4.88. The summed E-state index contributed by atoms with van der Waals surface area (Å²) >= 11 is 7.05. The largest absolute Gasteiger partial charge is 0.478 e. The monoisotopic (exact) mass is 493 g/mol. The highest BCUT2D eigenvalue weighted by molar-refractivity contribution is 8.18. The Morgan fingerprint density at radius 3 is 2.47 bits per heavy atom. The number of nitro benzene ring substituents is 1. The number of hydrogen-bond acceptors (Lipinski definition) is 6. The summed E-state index contributed by atoms with van der Waals surface area (Å²) in [6, 6.07) is 19.7. The van der Waals surface area contributed by atoms with E-state index in [0.717, 1.165) is 17.3 Å². The Morgan fingerprint density at radius 1 is 1.12 bits per heavy atom. The number of para-hydroxylation sites is 1. The maximum Gasteiger partial charge on any atom is 0.335 e. The molecule has 170 valence electrons. The molecule has 1 heterocycles. The molecule has 10 heteroatoms. The van der Waals surface area contributed by atoms with Crippen LogP contribution in [-0.4, -0.2) is 32.0 Å². The Morgan fingerprint density at radius 2 is 1.82 bits per heavy atom. The second kappa shape index (κ2) is 9.90. The number of amides is 1. The molecule has 1 aliphatic heterocycles. The Hall–Kier alpha value is -3.95. The number of benzene rings is 3. The van der Waals surface area contributed by atoms with E-state index in [2.05, 4.69) is 4.99 Å². The first-order chi connectivity index (χ1) is 16.3. The molecule has 0 unspecified atom stereocenters. The minimum atomic E-state index is -1.03. The van der Waals surface area contributed by atoms with Crippen molar-refractivity contribution < 1.29 is 19.6 Å². The average Bonchev–Trinajstić information content (AvgIpc) is 3.10. The van der Waals surface area contributed by atoms with E-state index >= 15 is 0 Å². The van der Waals surface area contributed by atoms with Crippen molar-refractivity contribution in [2.24, 2.45) is 4.99 Å². The molecule has 1 aliphatic rings. The minimum Gasteiger partial charge on any atom is -0.478 e. The van der Waals surface area contributed by atoms with Gasteiger partial charge in [0.25, 0.3) is 11.6 Å². The Kier molecular flexibility index (Phi) is 6.76. The van der Waals surface area contributed by atoms with Crippen molar-refractivity contribution in [3.05, 3.63) is 110 Å². The fourth-order valence-electron chi connectivity index (χ4n) is 3.19. The highest BCUT2D eigenvalue weighted by Gasteiger charge is 2.33. The van der Waals surface area contributed by atoms with Crippen LogP contribution in [-0.2, 0) is 11.3 Å². The minimum absolute atomic E-state index is 0.00955. The third kappa shape index (κ3) is 5.16. The highest BCUT2D eigenvalue weighted by Crippen LogP contribution is 2.36. The number of carbonyl (C=O) groups excluding carboxylic acids is 1. The van der Waals surface area contributed by atoms with Crippen LogP contribution in [0.15, 0.2) is 82.7 Å². The lowest BCUT2D eigenvalue weighted by atomic mass is 10.1. The number of rotatable bonds is 6. The molecule has 8 nitrogen and oxygen atoms in total. The fourth-order valence-corrected chi connectivity index (χ4v) is 4.37. The summed E-state index contributed by atoms with van der Waals surface area (Å²) in [7, 11) is 0. The van der Waals surface area contributed by atoms with E-state index in [-0.39, 0.29) is 28.7 Å². The van der Waals surface area contributed by atoms with E-state index < -0.39 is 10.9 Å². The summed E-state index contributed by atoms with van der Waals surface area (Å²) in [5.74, 6) is -1.35. The predicted octanol–water partition coefficient (Wildman–Crippen LogP) is 5.75. The van der Waals surface area contributed by atoms with Crippen LogP contribution < -0.4 is 0 Å². The zero-order valence-corrected chi connectivity index (χ0v) is 19.0. The molecular weight excluding hydrogens is 478 g/mol. The van der Waals surface area contributed by atoms with Gasteiger partial charge in [0.1, 0.15) is 5.02 Å². The van der Waals surface area contributed by atoms with Crippen LogP contribution in [0.25, 0.3) is 6.08 Å². The third-order valence-corrected chi connectivity index (χ3v) is 6.20. The molecule has 0 atom stereocenters. The smallest absolute Gasteiger partial charge is 0.335 e. The first kappa shape index (κ1) is 23.2. The van der Waals surface area contributed by atoms with Crippen molar-refractivity contribution in [2.75, 3.05) is 0 Å². The number of aliphatic imine (C=N–C) groups is 1. The summed E-state index contributed by atoms with van der Waals surface area (Å²) in [5, 5.41) is 20.8. The molecule has 1 saturated heterocycles. The van der Waals surface area contributed by atoms with Crippen LogP contribution >= 0.6 is 23.4 Å². The Labute approximate surface area is 203 Å². The molecule has 0 spiro atoms. The lowest BCUT2D eigenvalue weighted by Gasteiger charge is -2.16. The van der Waals surface area contributed by atoms with Gasteiger partial charge in [0.05, 0.1) is 27.6 Å². The SMILES string of the molecule is O=C(O)c1ccc(CN2C(=O)/C(=C/c3ccc(Cl)c([N+](=O)[O-])c3)SC2=Nc2ccccc2)cc1. The van der Waals surface area contributed by atoms with Crippen LogP contribution in [0, 0.1) is 10.1 Å². The van der Waals surface area contributed by atoms with E-state index in [1.54, 1.807) is 24.3 Å². The van der Waals surface area contributed by atoms with Crippen molar-refractivity contribution in [1.82, 2.24) is 4.90 Å². The van der Waals surface area contributed by atoms with Gasteiger partial charge in [-0.15, -0.1) is 0 Å². The van der Waals surface area contributed by atoms with Crippen LogP contribution in [0.2, 0.25) is 5.02 Å². The van der Waals surface area contributed by atoms with Gasteiger partial charge in [-0.2, -0.15) is 0 Å². The van der Waals surface area contributed by atoms with Crippen molar-refractivity contribution in [1.29, 1.82) is 0 Å². The molecule has 3 aromatic rings. The quantitative estimate of drug-likeness (QED) is 0.265. The summed E-state index contributed by atoms with van der Waals surface area (Å²) in [6.45, 7) is 0.176. The van der Waals surface area contributed by atoms with E-state index in [0.29, 0.717) is 21.3 Å². The van der Waals surface area contributed by atoms with Gasteiger partial charge < -0.3 is 5.11 Å². The van der Waals surface area contributed by atoms with Gasteiger partial charge >= 0.3 is 5.97 Å². The van der Waals surface area contributed by atoms with Crippen molar-refractivity contribution in [3.63, 3.8) is 0 Å². The number of halogens is 1. The maximum atomic E-state index is 13.3. The lowest BCUT2D eigenvalue weighted by Crippen LogP contribution is -2.28. The number of nitro groups is 1. The van der Waals surface area contributed by atoms with E-state index in [9.17, 15) is 19.7 Å². The van der Waals surface area contributed by atoms with Gasteiger partial charge in [-0.25, -0.2) is 9.79 Å². The number of carboxylic acids is 1. The number of amidine groups is 1. The van der Waals surface area contributed by atoms with Crippen molar-refractivity contribution in [3.8, 4) is 0 Å². The zero-order valence-electron chi connectivity index (χ0n) is 17.4. The molecule has 3 aromatic carbocycles. The summed E-state index contributed by atoms with van der Waals surface area (Å²) in [6.07, 6.45) is 1.56. The maximum absolute atomic E-state index is 13.3. The van der Waals surface area contributed by atoms with Crippen LogP contribution in [0.3, 0.4) is 0 Å². The second-order valence-electron chi connectivity index (χ2n) is 7.20. The number of nitrogens with zero attached hydrogens (tertiary/aromatic N) is 3. The van der Waals surface area contributed by atoms with E-state index in [1.165, 1.54) is 29.2 Å². The summed E-state index contributed by atoms with van der Waals surface area (Å²) in [4.78, 5) is 41.5. The lowest BCUT2D eigenvalue weighted by molar-refractivity contribution is -0.384. The average molecular weight is 494 g/mol. The molecule has 0 aromatic heterocycles. The first-order valence-electron chi connectivity index (χ1n) is 9.93. The molecule has 4 rings (SSSR count). The zero-order chi connectivity index (χ0) is 24.2. The molecule has 1 amide bonds. The molecule has 0 aliphatic carbocycles. The van der Waals surface area contributed by atoms with Gasteiger partial charge in [-0.05, 0) is 59.3 Å². The summed E-state index contributed by atoms with van der Waals surface area (Å²) in [5.41, 5.74) is 1.74. The topological polar surface area (TPSA) is 113 Å². The second-order valence-corrected chi connectivity index (χ2v) is 8.62. The Balaban J connectivity index is 1.69. The molecule has 0 radical (unpaired) electrons. The van der Waals surface area contributed by atoms with Gasteiger partial charge in [-0.1, -0.05) is 48.0 Å². The molecule has 0 saturated carbocycles. The predicted molar refractivity (Wildman–Crippen MR) is 131 cm³/mol. The normalized spacial score (nSPS) is 15.8. The molecule has 1 fully saturated rings. The number of carboxylic acid groups (broad SMARTS) is 1. The fraction of sp³-hybridized carbons (Fsp3) is 0.0417. The highest BCUT2D eigenvalue weighted by atomic mass is 35.5. The van der Waals surface area contributed by atoms with Gasteiger partial charge in [0.2, 0.25) is 0 Å². The Bertz CT molecular complexity index is 1340. The molecule has 0 bridgehead atoms. The molecule has 1 N–H and O–H groups in total. The van der Waals surface area contributed by atoms with Gasteiger partial charge in [0, 0.05) is 6.07 Å². The van der Waals surface area contributed by atoms with Crippen LogP contribution in [0.5, 0.6) is 0 Å². The van der Waals surface area contributed by atoms with Crippen molar-refractivity contribution in [2.45, 2.75) is 6.54 Å². The number of carbonyl (C=O) groups is 2. The van der Waals surface area contributed by atoms with Crippen LogP contribution in [0.4, 0.5) is 11.4 Å². The standard InChI is InChI=1S/C24H16ClN3O5S/c25-19-11-8-16(12-20(19)28(32)33)13-21-22(29)27(14-15-6-9-17(10-7-15)23(30)31)24(34-21)26-18-4-2-1-3-5-18/h1-13H,14H2,(H,30,31)/b21-13-,26-24?. The van der Waals surface area contributed by atoms with Gasteiger partial charge in [0.15, 0.2) is 5.17 Å². The molecule has 34 heavy (non-hydrogen) atoms. The number of hydrogen-bond donors (Lipinski definition) is 1. The first-order valence-corrected chi connectivity index (χ1v) is 11.1. The number of aromatic carboxylic acids is 1. The van der Waals surface area contributed by atoms with E-state index in [1.807, 2.05) is 30.3 Å². The molecular formula is C24H16ClN3O5S. The van der Waals surface area contributed by atoms with Gasteiger partial charge in [-0.3, -0.25) is 19.8 Å². The van der Waals surface area contributed by atoms with E-state index in [4.69, 9.17) is 16.7 Å². The van der Waals surface area contributed by atoms with Crippen LogP contribution in [0.1, 0.15) is 21.5 Å².